The van der Waals surface area contributed by atoms with Gasteiger partial charge in [0, 0.05) is 13.1 Å². The lowest BCUT2D eigenvalue weighted by Gasteiger charge is -2.26. The molecule has 0 bridgehead atoms. The molecule has 0 aliphatic heterocycles. The van der Waals surface area contributed by atoms with E-state index in [1.165, 1.54) is 38.4 Å². The van der Waals surface area contributed by atoms with E-state index in [2.05, 4.69) is 11.8 Å². The first-order valence-corrected chi connectivity index (χ1v) is 12.5. The van der Waals surface area contributed by atoms with E-state index < -0.39 is 5.60 Å². The number of unbranched alkanes of at least 4 members (excludes halogenated alkanes) is 4. The fourth-order valence-corrected chi connectivity index (χ4v) is 3.93. The number of anilines is 1. The number of benzene rings is 2. The molecule has 0 radical (unpaired) electrons. The van der Waals surface area contributed by atoms with Crippen molar-refractivity contribution in [2.75, 3.05) is 25.1 Å². The Morgan fingerprint density at radius 3 is 2.41 bits per heavy atom. The molecule has 0 unspecified atom stereocenters. The first-order chi connectivity index (χ1) is 16.5. The minimum atomic E-state index is -0.988. The summed E-state index contributed by atoms with van der Waals surface area (Å²) in [6, 6.07) is 16.5. The van der Waals surface area contributed by atoms with Crippen LogP contribution in [0.5, 0.6) is 5.75 Å². The van der Waals surface area contributed by atoms with Crippen LogP contribution >= 0.6 is 0 Å². The maximum atomic E-state index is 12.1. The average molecular weight is 467 g/mol. The zero-order chi connectivity index (χ0) is 24.4. The van der Waals surface area contributed by atoms with Crippen molar-refractivity contribution in [2.45, 2.75) is 71.3 Å². The lowest BCUT2D eigenvalue weighted by atomic mass is 10.0. The number of nitrogens with zero attached hydrogens (tertiary/aromatic N) is 2. The number of fused-ring (bicyclic) bond motifs is 1. The predicted octanol–water partition coefficient (Wildman–Crippen LogP) is 6.57. The molecule has 3 aromatic rings. The molecule has 1 heterocycles. The van der Waals surface area contributed by atoms with E-state index in [9.17, 15) is 4.79 Å². The summed E-state index contributed by atoms with van der Waals surface area (Å²) in [6.45, 7) is 7.64. The first-order valence-electron chi connectivity index (χ1n) is 12.5. The molecule has 0 aliphatic carbocycles. The van der Waals surface area contributed by atoms with Gasteiger partial charge in [0.25, 0.3) is 6.01 Å². The highest BCUT2D eigenvalue weighted by Gasteiger charge is 2.34. The van der Waals surface area contributed by atoms with Crippen molar-refractivity contribution in [1.82, 2.24) is 4.98 Å². The smallest absolute Gasteiger partial charge is 0.349 e. The normalized spacial score (nSPS) is 12.9. The third-order valence-electron chi connectivity index (χ3n) is 6.31. The van der Waals surface area contributed by atoms with Crippen LogP contribution in [-0.2, 0) is 16.0 Å². The number of rotatable bonds is 14. The van der Waals surface area contributed by atoms with Crippen LogP contribution in [0.3, 0.4) is 0 Å². The summed E-state index contributed by atoms with van der Waals surface area (Å²) in [7, 11) is 1.38. The van der Waals surface area contributed by atoms with Crippen LogP contribution in [0.25, 0.3) is 11.1 Å². The second kappa shape index (κ2) is 12.4. The summed E-state index contributed by atoms with van der Waals surface area (Å²) >= 11 is 0. The first kappa shape index (κ1) is 25.6. The molecule has 1 aromatic heterocycles. The maximum Gasteiger partial charge on any atom is 0.349 e. The van der Waals surface area contributed by atoms with Gasteiger partial charge < -0.3 is 18.8 Å². The molecule has 1 atom stereocenters. The van der Waals surface area contributed by atoms with E-state index in [1.54, 1.807) is 6.92 Å². The summed E-state index contributed by atoms with van der Waals surface area (Å²) in [4.78, 5) is 19.1. The molecule has 0 spiro atoms. The van der Waals surface area contributed by atoms with E-state index in [4.69, 9.17) is 18.9 Å². The molecule has 6 nitrogen and oxygen atoms in total. The average Bonchev–Trinajstić information content (AvgIpc) is 3.30. The van der Waals surface area contributed by atoms with E-state index in [0.29, 0.717) is 18.2 Å². The summed E-state index contributed by atoms with van der Waals surface area (Å²) < 4.78 is 16.9. The number of ether oxygens (including phenoxy) is 2. The van der Waals surface area contributed by atoms with Crippen molar-refractivity contribution in [2.24, 2.45) is 0 Å². The van der Waals surface area contributed by atoms with Gasteiger partial charge in [-0.2, -0.15) is 4.98 Å². The second-order valence-corrected chi connectivity index (χ2v) is 8.94. The number of methoxy groups -OCH3 is 1. The van der Waals surface area contributed by atoms with Crippen molar-refractivity contribution >= 4 is 23.1 Å². The molecule has 3 rings (SSSR count). The van der Waals surface area contributed by atoms with Gasteiger partial charge in [-0.25, -0.2) is 4.79 Å². The van der Waals surface area contributed by atoms with E-state index in [-0.39, 0.29) is 5.97 Å². The molecular formula is C28H38N2O4. The quantitative estimate of drug-likeness (QED) is 0.198. The zero-order valence-electron chi connectivity index (χ0n) is 21.0. The van der Waals surface area contributed by atoms with Gasteiger partial charge in [0.15, 0.2) is 5.58 Å². The fourth-order valence-electron chi connectivity index (χ4n) is 3.93. The Morgan fingerprint density at radius 1 is 1.00 bits per heavy atom. The van der Waals surface area contributed by atoms with Crippen molar-refractivity contribution in [3.8, 4) is 5.75 Å². The van der Waals surface area contributed by atoms with Crippen molar-refractivity contribution in [1.29, 1.82) is 0 Å². The minimum Gasteiger partial charge on any atom is -0.476 e. The highest BCUT2D eigenvalue weighted by molar-refractivity contribution is 5.79. The van der Waals surface area contributed by atoms with Gasteiger partial charge in [0.2, 0.25) is 5.60 Å². The number of oxazole rings is 1. The number of aromatic nitrogens is 1. The number of para-hydroxylation sites is 2. The fraction of sp³-hybridized carbons (Fsp3) is 0.500. The molecule has 0 saturated carbocycles. The number of esters is 1. The third kappa shape index (κ3) is 6.75. The monoisotopic (exact) mass is 466 g/mol. The Bertz CT molecular complexity index is 997. The highest BCUT2D eigenvalue weighted by atomic mass is 16.6. The lowest BCUT2D eigenvalue weighted by molar-refractivity contribution is -0.157. The Balaban J connectivity index is 1.65. The highest BCUT2D eigenvalue weighted by Crippen LogP contribution is 2.25. The van der Waals surface area contributed by atoms with Gasteiger partial charge in [-0.15, -0.1) is 0 Å². The van der Waals surface area contributed by atoms with Crippen LogP contribution in [0.2, 0.25) is 0 Å². The Hall–Kier alpha value is -3.02. The minimum absolute atomic E-state index is 0.369. The Morgan fingerprint density at radius 2 is 1.74 bits per heavy atom. The maximum absolute atomic E-state index is 12.1. The SMILES string of the molecule is CCCCCCCN(CCc1ccc(O[C@@](C)(CC)C(=O)OC)cc1)c1nc2ccccc2o1. The lowest BCUT2D eigenvalue weighted by Crippen LogP contribution is -2.41. The van der Waals surface area contributed by atoms with E-state index >= 15 is 0 Å². The van der Waals surface area contributed by atoms with Gasteiger partial charge in [0.1, 0.15) is 11.3 Å². The molecule has 0 saturated heterocycles. The van der Waals surface area contributed by atoms with Crippen LogP contribution in [-0.4, -0.2) is 36.8 Å². The summed E-state index contributed by atoms with van der Waals surface area (Å²) in [6.07, 6.45) is 7.51. The van der Waals surface area contributed by atoms with Crippen LogP contribution in [0, 0.1) is 0 Å². The Labute approximate surface area is 203 Å². The zero-order valence-corrected chi connectivity index (χ0v) is 21.0. The van der Waals surface area contributed by atoms with Gasteiger partial charge in [-0.3, -0.25) is 0 Å². The van der Waals surface area contributed by atoms with Gasteiger partial charge in [-0.05, 0) is 56.0 Å². The largest absolute Gasteiger partial charge is 0.476 e. The molecule has 0 fully saturated rings. The number of carbonyl (C=O) groups excluding carboxylic acids is 1. The molecular weight excluding hydrogens is 428 g/mol. The van der Waals surface area contributed by atoms with Gasteiger partial charge >= 0.3 is 5.97 Å². The van der Waals surface area contributed by atoms with Crippen molar-refractivity contribution in [3.63, 3.8) is 0 Å². The van der Waals surface area contributed by atoms with Crippen molar-refractivity contribution < 1.29 is 18.7 Å². The molecule has 0 amide bonds. The number of hydrogen-bond donors (Lipinski definition) is 0. The molecule has 34 heavy (non-hydrogen) atoms. The summed E-state index contributed by atoms with van der Waals surface area (Å²) in [5.74, 6) is 0.289. The third-order valence-corrected chi connectivity index (χ3v) is 6.31. The van der Waals surface area contributed by atoms with Crippen LogP contribution in [0.4, 0.5) is 6.01 Å². The van der Waals surface area contributed by atoms with Crippen molar-refractivity contribution in [3.05, 3.63) is 54.1 Å². The predicted molar refractivity (Wildman–Crippen MR) is 136 cm³/mol. The topological polar surface area (TPSA) is 64.8 Å². The van der Waals surface area contributed by atoms with Crippen LogP contribution in [0.1, 0.15) is 64.9 Å². The summed E-state index contributed by atoms with van der Waals surface area (Å²) in [5.41, 5.74) is 1.91. The summed E-state index contributed by atoms with van der Waals surface area (Å²) in [5, 5.41) is 0. The van der Waals surface area contributed by atoms with Gasteiger partial charge in [0.05, 0.1) is 7.11 Å². The molecule has 2 aromatic carbocycles. The van der Waals surface area contributed by atoms with E-state index in [0.717, 1.165) is 37.0 Å². The van der Waals surface area contributed by atoms with Crippen LogP contribution < -0.4 is 9.64 Å². The van der Waals surface area contributed by atoms with E-state index in [1.807, 2.05) is 55.5 Å². The number of hydrogen-bond acceptors (Lipinski definition) is 6. The number of carbonyl (C=O) groups is 1. The molecule has 184 valence electrons. The van der Waals surface area contributed by atoms with Crippen LogP contribution in [0.15, 0.2) is 52.9 Å². The van der Waals surface area contributed by atoms with Gasteiger partial charge in [-0.1, -0.05) is 63.8 Å². The standard InChI is InChI=1S/C28H38N2O4/c1-5-7-8-9-12-20-30(27-29-24-13-10-11-14-25(24)33-27)21-19-22-15-17-23(18-16-22)34-28(3,6-2)26(31)32-4/h10-11,13-18H,5-9,12,19-21H2,1-4H3/t28-/m0/s1. The molecule has 6 heteroatoms. The molecule has 0 aliphatic rings. The second-order valence-electron chi connectivity index (χ2n) is 8.94. The Kier molecular flexibility index (Phi) is 9.37. The molecule has 0 N–H and O–H groups in total.